The number of aromatic amines is 1. The van der Waals surface area contributed by atoms with Gasteiger partial charge in [0.15, 0.2) is 5.82 Å². The number of benzene rings is 2. The van der Waals surface area contributed by atoms with Crippen molar-refractivity contribution in [1.29, 1.82) is 0 Å². The van der Waals surface area contributed by atoms with Crippen LogP contribution in [0.15, 0.2) is 36.4 Å². The predicted molar refractivity (Wildman–Crippen MR) is 101 cm³/mol. The molecule has 0 saturated carbocycles. The summed E-state index contributed by atoms with van der Waals surface area (Å²) in [5.74, 6) is 0.741. The molecule has 11 heteroatoms. The van der Waals surface area contributed by atoms with Gasteiger partial charge in [-0.05, 0) is 18.2 Å². The molecule has 0 unspecified atom stereocenters. The lowest BCUT2D eigenvalue weighted by Crippen LogP contribution is -2.14. The normalized spacial score (nSPS) is 10.4. The van der Waals surface area contributed by atoms with Crippen LogP contribution >= 0.6 is 11.6 Å². The van der Waals surface area contributed by atoms with Crippen molar-refractivity contribution in [3.63, 3.8) is 0 Å². The molecule has 28 heavy (non-hydrogen) atoms. The molecule has 144 valence electrons. The molecule has 2 N–H and O–H groups in total. The lowest BCUT2D eigenvalue weighted by molar-refractivity contribution is -0.384. The average Bonchev–Trinajstić information content (AvgIpc) is 3.15. The summed E-state index contributed by atoms with van der Waals surface area (Å²) in [5.41, 5.74) is 0.280. The Morgan fingerprint density at radius 1 is 1.21 bits per heavy atom. The fourth-order valence-electron chi connectivity index (χ4n) is 2.40. The molecule has 2 aromatic carbocycles. The van der Waals surface area contributed by atoms with E-state index >= 15 is 0 Å². The summed E-state index contributed by atoms with van der Waals surface area (Å²) < 4.78 is 10.5. The molecule has 0 aliphatic carbocycles. The lowest BCUT2D eigenvalue weighted by atomic mass is 10.2. The van der Waals surface area contributed by atoms with E-state index in [-0.39, 0.29) is 22.2 Å². The summed E-state index contributed by atoms with van der Waals surface area (Å²) in [6.07, 6.45) is 0. The van der Waals surface area contributed by atoms with Gasteiger partial charge in [-0.2, -0.15) is 4.98 Å². The number of aromatic nitrogens is 3. The number of nitro groups is 1. The summed E-state index contributed by atoms with van der Waals surface area (Å²) in [7, 11) is 3.04. The number of methoxy groups -OCH3 is 2. The topological polar surface area (TPSA) is 132 Å². The van der Waals surface area contributed by atoms with E-state index in [1.165, 1.54) is 26.4 Å². The molecular weight excluding hydrogens is 390 g/mol. The van der Waals surface area contributed by atoms with Gasteiger partial charge < -0.3 is 9.47 Å². The van der Waals surface area contributed by atoms with Crippen LogP contribution < -0.4 is 14.8 Å². The largest absolute Gasteiger partial charge is 0.497 e. The fourth-order valence-corrected chi connectivity index (χ4v) is 2.61. The first kappa shape index (κ1) is 19.1. The van der Waals surface area contributed by atoms with Gasteiger partial charge in [-0.1, -0.05) is 11.6 Å². The van der Waals surface area contributed by atoms with Gasteiger partial charge in [0.2, 0.25) is 5.95 Å². The Labute approximate surface area is 163 Å². The number of H-pyrrole nitrogens is 1. The van der Waals surface area contributed by atoms with E-state index in [1.807, 2.05) is 0 Å². The number of hydrogen-bond acceptors (Lipinski definition) is 7. The Hall–Kier alpha value is -3.66. The number of hydrogen-bond donors (Lipinski definition) is 2. The Balaban J connectivity index is 1.85. The van der Waals surface area contributed by atoms with E-state index in [4.69, 9.17) is 21.1 Å². The molecule has 0 atom stereocenters. The zero-order valence-corrected chi connectivity index (χ0v) is 15.5. The van der Waals surface area contributed by atoms with Crippen molar-refractivity contribution in [3.05, 3.63) is 57.1 Å². The molecule has 0 radical (unpaired) electrons. The summed E-state index contributed by atoms with van der Waals surface area (Å²) in [4.78, 5) is 26.9. The average molecular weight is 404 g/mol. The van der Waals surface area contributed by atoms with Crippen molar-refractivity contribution in [1.82, 2.24) is 15.2 Å². The van der Waals surface area contributed by atoms with Crippen LogP contribution in [-0.2, 0) is 0 Å². The highest BCUT2D eigenvalue weighted by Crippen LogP contribution is 2.31. The molecule has 0 saturated heterocycles. The van der Waals surface area contributed by atoms with E-state index in [0.717, 1.165) is 6.07 Å². The number of carbonyl (C=O) groups excluding carboxylic acids is 1. The van der Waals surface area contributed by atoms with Crippen molar-refractivity contribution in [2.75, 3.05) is 19.5 Å². The minimum Gasteiger partial charge on any atom is -0.497 e. The second-order valence-electron chi connectivity index (χ2n) is 5.45. The number of amides is 1. The van der Waals surface area contributed by atoms with Crippen LogP contribution in [0.3, 0.4) is 0 Å². The monoisotopic (exact) mass is 403 g/mol. The van der Waals surface area contributed by atoms with Crippen molar-refractivity contribution >= 4 is 29.1 Å². The van der Waals surface area contributed by atoms with Crippen LogP contribution in [0.25, 0.3) is 11.4 Å². The number of anilines is 1. The molecule has 3 rings (SSSR count). The highest BCUT2D eigenvalue weighted by atomic mass is 35.5. The fraction of sp³-hybridized carbons (Fsp3) is 0.118. The molecule has 1 heterocycles. The second-order valence-corrected chi connectivity index (χ2v) is 5.86. The standard InChI is InChI=1S/C17H14ClN5O5/c1-27-10-4-5-11(14(8-10)28-2)15-19-17(22-21-15)20-16(24)12-7-9(23(25)26)3-6-13(12)18/h3-8H,1-2H3,(H2,19,20,21,22,24). The van der Waals surface area contributed by atoms with Crippen molar-refractivity contribution in [2.24, 2.45) is 0 Å². The van der Waals surface area contributed by atoms with Crippen molar-refractivity contribution in [2.45, 2.75) is 0 Å². The zero-order chi connectivity index (χ0) is 20.3. The quantitative estimate of drug-likeness (QED) is 0.476. The maximum atomic E-state index is 12.4. The van der Waals surface area contributed by atoms with Gasteiger partial charge in [0, 0.05) is 18.2 Å². The van der Waals surface area contributed by atoms with Crippen molar-refractivity contribution in [3.8, 4) is 22.9 Å². The van der Waals surface area contributed by atoms with Crippen LogP contribution in [0, 0.1) is 10.1 Å². The maximum Gasteiger partial charge on any atom is 0.270 e. The molecule has 0 aliphatic rings. The summed E-state index contributed by atoms with van der Waals surface area (Å²) in [6, 6.07) is 8.69. The van der Waals surface area contributed by atoms with E-state index in [2.05, 4.69) is 20.5 Å². The third-order valence-corrected chi connectivity index (χ3v) is 4.11. The van der Waals surface area contributed by atoms with Crippen LogP contribution in [0.5, 0.6) is 11.5 Å². The molecule has 0 bridgehead atoms. The van der Waals surface area contributed by atoms with E-state index in [9.17, 15) is 14.9 Å². The highest BCUT2D eigenvalue weighted by molar-refractivity contribution is 6.34. The zero-order valence-electron chi connectivity index (χ0n) is 14.7. The summed E-state index contributed by atoms with van der Waals surface area (Å²) in [5, 5.41) is 20.0. The van der Waals surface area contributed by atoms with Crippen LogP contribution in [0.2, 0.25) is 5.02 Å². The molecule has 1 amide bonds. The number of ether oxygens (including phenoxy) is 2. The third-order valence-electron chi connectivity index (χ3n) is 3.78. The summed E-state index contributed by atoms with van der Waals surface area (Å²) >= 11 is 5.97. The predicted octanol–water partition coefficient (Wildman–Crippen LogP) is 3.30. The first-order valence-corrected chi connectivity index (χ1v) is 8.21. The summed E-state index contributed by atoms with van der Waals surface area (Å²) in [6.45, 7) is 0. The first-order chi connectivity index (χ1) is 13.4. The van der Waals surface area contributed by atoms with Gasteiger partial charge in [0.1, 0.15) is 11.5 Å². The molecule has 0 fully saturated rings. The maximum absolute atomic E-state index is 12.4. The molecular formula is C17H14ClN5O5. The number of rotatable bonds is 6. The molecule has 10 nitrogen and oxygen atoms in total. The van der Waals surface area contributed by atoms with Gasteiger partial charge in [-0.25, -0.2) is 0 Å². The Kier molecular flexibility index (Phi) is 5.41. The van der Waals surface area contributed by atoms with E-state index in [1.54, 1.807) is 18.2 Å². The Bertz CT molecular complexity index is 1050. The van der Waals surface area contributed by atoms with Gasteiger partial charge in [-0.3, -0.25) is 25.3 Å². The molecule has 1 aromatic heterocycles. The smallest absolute Gasteiger partial charge is 0.270 e. The second kappa shape index (κ2) is 7.92. The number of carbonyl (C=O) groups is 1. The number of nitrogens with zero attached hydrogens (tertiary/aromatic N) is 3. The molecule has 3 aromatic rings. The molecule has 0 aliphatic heterocycles. The van der Waals surface area contributed by atoms with Gasteiger partial charge in [-0.15, -0.1) is 5.10 Å². The minimum atomic E-state index is -0.680. The van der Waals surface area contributed by atoms with Gasteiger partial charge >= 0.3 is 0 Å². The van der Waals surface area contributed by atoms with E-state index in [0.29, 0.717) is 22.9 Å². The number of nitro benzene ring substituents is 1. The van der Waals surface area contributed by atoms with Crippen LogP contribution in [-0.4, -0.2) is 40.2 Å². The van der Waals surface area contributed by atoms with E-state index < -0.39 is 10.8 Å². The number of halogens is 1. The van der Waals surface area contributed by atoms with Crippen molar-refractivity contribution < 1.29 is 19.2 Å². The third kappa shape index (κ3) is 3.86. The minimum absolute atomic E-state index is 0.0274. The number of nitrogens with one attached hydrogen (secondary N) is 2. The van der Waals surface area contributed by atoms with Crippen LogP contribution in [0.1, 0.15) is 10.4 Å². The van der Waals surface area contributed by atoms with Gasteiger partial charge in [0.25, 0.3) is 11.6 Å². The first-order valence-electron chi connectivity index (χ1n) is 7.83. The Morgan fingerprint density at radius 2 is 2.00 bits per heavy atom. The SMILES string of the molecule is COc1ccc(-c2nc(NC(=O)c3cc([N+](=O)[O-])ccc3Cl)n[nH]2)c(OC)c1. The van der Waals surface area contributed by atoms with Crippen LogP contribution in [0.4, 0.5) is 11.6 Å². The number of non-ortho nitro benzene ring substituents is 1. The van der Waals surface area contributed by atoms with Gasteiger partial charge in [0.05, 0.1) is 35.3 Å². The molecule has 0 spiro atoms. The highest BCUT2D eigenvalue weighted by Gasteiger charge is 2.18. The lowest BCUT2D eigenvalue weighted by Gasteiger charge is -2.07. The Morgan fingerprint density at radius 3 is 2.68 bits per heavy atom.